The third-order valence-electron chi connectivity index (χ3n) is 6.48. The summed E-state index contributed by atoms with van der Waals surface area (Å²) in [5.74, 6) is 2.30. The predicted molar refractivity (Wildman–Crippen MR) is 141 cm³/mol. The molecule has 3 fully saturated rings. The summed E-state index contributed by atoms with van der Waals surface area (Å²) in [5, 5.41) is 1.53. The number of esters is 2. The van der Waals surface area contributed by atoms with Crippen molar-refractivity contribution in [2.75, 3.05) is 11.5 Å². The number of ether oxygens (including phenoxy) is 2. The number of hydrogen-bond acceptors (Lipinski definition) is 8. The van der Waals surface area contributed by atoms with E-state index in [1.807, 2.05) is 43.2 Å². The highest BCUT2D eigenvalue weighted by atomic mass is 33.1. The Balaban J connectivity index is 1.34. The minimum Gasteiger partial charge on any atom is -0.458 e. The number of hydrogen-bond donors (Lipinski definition) is 0. The Kier molecular flexibility index (Phi) is 13.5. The summed E-state index contributed by atoms with van der Waals surface area (Å²) in [6.45, 7) is 0. The van der Waals surface area contributed by atoms with Gasteiger partial charge in [-0.2, -0.15) is 0 Å². The van der Waals surface area contributed by atoms with E-state index in [2.05, 4.69) is 0 Å². The molecule has 0 spiro atoms. The third-order valence-corrected chi connectivity index (χ3v) is 12.5. The Morgan fingerprint density at radius 2 is 1.09 bits per heavy atom. The van der Waals surface area contributed by atoms with Gasteiger partial charge in [0.2, 0.25) is 0 Å². The fraction of sp³-hybridized carbons (Fsp3) is 0.917. The molecule has 1 saturated carbocycles. The van der Waals surface area contributed by atoms with Crippen LogP contribution in [-0.2, 0) is 19.1 Å². The first kappa shape index (κ1) is 26.9. The van der Waals surface area contributed by atoms with E-state index in [0.29, 0.717) is 12.8 Å². The van der Waals surface area contributed by atoms with Crippen molar-refractivity contribution < 1.29 is 19.1 Å². The van der Waals surface area contributed by atoms with Gasteiger partial charge in [0.25, 0.3) is 0 Å². The first-order chi connectivity index (χ1) is 15.7. The van der Waals surface area contributed by atoms with Crippen LogP contribution in [0.25, 0.3) is 0 Å². The number of unbranched alkanes of at least 4 members (excludes halogenated alkanes) is 2. The van der Waals surface area contributed by atoms with Gasteiger partial charge in [0.05, 0.1) is 0 Å². The van der Waals surface area contributed by atoms with Gasteiger partial charge in [-0.15, -0.1) is 0 Å². The molecular weight excluding hydrogens is 481 g/mol. The standard InChI is InChI=1S/C24H40O4S4/c25-23(13-7-5-9-19-15-17-29-31-19)27-21-11-3-1-2-4-12-22(21)28-24(26)14-8-6-10-20-16-18-30-32-20/h19-22H,1-18H2. The molecule has 3 aliphatic rings. The molecule has 4 atom stereocenters. The van der Waals surface area contributed by atoms with Crippen LogP contribution in [0.1, 0.15) is 103 Å². The van der Waals surface area contributed by atoms with E-state index in [1.54, 1.807) is 0 Å². The molecule has 2 heterocycles. The van der Waals surface area contributed by atoms with Gasteiger partial charge in [-0.05, 0) is 64.2 Å². The number of carbonyl (C=O) groups is 2. The van der Waals surface area contributed by atoms with Crippen molar-refractivity contribution in [2.45, 2.75) is 125 Å². The lowest BCUT2D eigenvalue weighted by Crippen LogP contribution is -2.36. The zero-order valence-electron chi connectivity index (χ0n) is 19.3. The summed E-state index contributed by atoms with van der Waals surface area (Å²) in [7, 11) is 7.95. The second-order valence-corrected chi connectivity index (χ2v) is 14.8. The van der Waals surface area contributed by atoms with Crippen LogP contribution < -0.4 is 0 Å². The summed E-state index contributed by atoms with van der Waals surface area (Å²) >= 11 is 0. The fourth-order valence-electron chi connectivity index (χ4n) is 4.55. The zero-order valence-corrected chi connectivity index (χ0v) is 22.6. The number of rotatable bonds is 12. The van der Waals surface area contributed by atoms with Gasteiger partial charge in [-0.25, -0.2) is 0 Å². The molecule has 0 aromatic carbocycles. The van der Waals surface area contributed by atoms with Crippen LogP contribution in [0.5, 0.6) is 0 Å². The third kappa shape index (κ3) is 10.7. The van der Waals surface area contributed by atoms with Crippen molar-refractivity contribution in [3.8, 4) is 0 Å². The van der Waals surface area contributed by atoms with Crippen LogP contribution in [0.2, 0.25) is 0 Å². The molecule has 2 aliphatic heterocycles. The summed E-state index contributed by atoms with van der Waals surface area (Å²) in [4.78, 5) is 25.0. The monoisotopic (exact) mass is 520 g/mol. The van der Waals surface area contributed by atoms with Crippen molar-refractivity contribution in [1.82, 2.24) is 0 Å². The summed E-state index contributed by atoms with van der Waals surface area (Å²) < 4.78 is 11.8. The van der Waals surface area contributed by atoms with Gasteiger partial charge in [-0.3, -0.25) is 9.59 Å². The highest BCUT2D eigenvalue weighted by Gasteiger charge is 2.29. The minimum atomic E-state index is -0.263. The normalized spacial score (nSPS) is 28.8. The van der Waals surface area contributed by atoms with Gasteiger partial charge in [0.1, 0.15) is 12.2 Å². The van der Waals surface area contributed by atoms with Crippen molar-refractivity contribution in [2.24, 2.45) is 0 Å². The van der Waals surface area contributed by atoms with Gasteiger partial charge in [0, 0.05) is 34.8 Å². The van der Waals surface area contributed by atoms with E-state index in [-0.39, 0.29) is 24.1 Å². The molecule has 4 unspecified atom stereocenters. The van der Waals surface area contributed by atoms with E-state index < -0.39 is 0 Å². The molecule has 184 valence electrons. The Labute approximate surface area is 210 Å². The van der Waals surface area contributed by atoms with E-state index in [9.17, 15) is 9.59 Å². The van der Waals surface area contributed by atoms with E-state index in [4.69, 9.17) is 9.47 Å². The molecule has 32 heavy (non-hydrogen) atoms. The fourth-order valence-corrected chi connectivity index (χ4v) is 10.6. The van der Waals surface area contributed by atoms with Gasteiger partial charge in [-0.1, -0.05) is 68.9 Å². The maximum atomic E-state index is 12.5. The maximum Gasteiger partial charge on any atom is 0.306 e. The average Bonchev–Trinajstić information content (AvgIpc) is 3.47. The lowest BCUT2D eigenvalue weighted by atomic mass is 9.96. The van der Waals surface area contributed by atoms with Crippen LogP contribution in [0.15, 0.2) is 0 Å². The molecule has 0 aromatic heterocycles. The second-order valence-electron chi connectivity index (χ2n) is 9.20. The Bertz CT molecular complexity index is 502. The van der Waals surface area contributed by atoms with Crippen LogP contribution in [0.3, 0.4) is 0 Å². The van der Waals surface area contributed by atoms with Crippen molar-refractivity contribution in [3.05, 3.63) is 0 Å². The van der Waals surface area contributed by atoms with Gasteiger partial charge in [0.15, 0.2) is 0 Å². The topological polar surface area (TPSA) is 52.6 Å². The second kappa shape index (κ2) is 16.1. The lowest BCUT2D eigenvalue weighted by Gasteiger charge is -2.29. The first-order valence-corrected chi connectivity index (χ1v) is 17.4. The highest BCUT2D eigenvalue weighted by Crippen LogP contribution is 2.40. The van der Waals surface area contributed by atoms with Crippen molar-refractivity contribution in [3.63, 3.8) is 0 Å². The lowest BCUT2D eigenvalue weighted by molar-refractivity contribution is -0.170. The highest BCUT2D eigenvalue weighted by molar-refractivity contribution is 8.77. The largest absolute Gasteiger partial charge is 0.458 e. The minimum absolute atomic E-state index is 0.114. The van der Waals surface area contributed by atoms with Crippen LogP contribution in [-0.4, -0.2) is 46.2 Å². The molecule has 2 saturated heterocycles. The summed E-state index contributed by atoms with van der Waals surface area (Å²) in [6, 6.07) is 0. The summed E-state index contributed by atoms with van der Waals surface area (Å²) in [6.07, 6.45) is 15.5. The van der Waals surface area contributed by atoms with E-state index in [0.717, 1.165) is 61.9 Å². The maximum absolute atomic E-state index is 12.5. The molecule has 0 aromatic rings. The molecule has 3 rings (SSSR count). The van der Waals surface area contributed by atoms with Crippen molar-refractivity contribution >= 4 is 55.1 Å². The predicted octanol–water partition coefficient (Wildman–Crippen LogP) is 7.59. The smallest absolute Gasteiger partial charge is 0.306 e. The Morgan fingerprint density at radius 1 is 0.625 bits per heavy atom. The molecular formula is C24H40O4S4. The van der Waals surface area contributed by atoms with E-state index in [1.165, 1.54) is 50.0 Å². The SMILES string of the molecule is O=C(CCCCC1CCSS1)OC1CCCCCCC1OC(=O)CCCCC1CCSS1. The zero-order chi connectivity index (χ0) is 22.4. The quantitative estimate of drug-likeness (QED) is 0.148. The molecule has 0 bridgehead atoms. The molecule has 8 heteroatoms. The average molecular weight is 521 g/mol. The van der Waals surface area contributed by atoms with Gasteiger partial charge < -0.3 is 9.47 Å². The molecule has 1 aliphatic carbocycles. The summed E-state index contributed by atoms with van der Waals surface area (Å²) in [5.41, 5.74) is 0. The van der Waals surface area contributed by atoms with Crippen molar-refractivity contribution in [1.29, 1.82) is 0 Å². The number of carbonyl (C=O) groups excluding carboxylic acids is 2. The Hall–Kier alpha value is 0.340. The van der Waals surface area contributed by atoms with Gasteiger partial charge >= 0.3 is 11.9 Å². The molecule has 0 radical (unpaired) electrons. The molecule has 0 N–H and O–H groups in total. The van der Waals surface area contributed by atoms with Crippen LogP contribution in [0.4, 0.5) is 0 Å². The molecule has 0 amide bonds. The Morgan fingerprint density at radius 3 is 1.50 bits per heavy atom. The molecule has 4 nitrogen and oxygen atoms in total. The van der Waals surface area contributed by atoms with Crippen LogP contribution in [0, 0.1) is 0 Å². The van der Waals surface area contributed by atoms with Crippen LogP contribution >= 0.6 is 43.2 Å². The van der Waals surface area contributed by atoms with E-state index >= 15 is 0 Å². The first-order valence-electron chi connectivity index (χ1n) is 12.7.